The Balaban J connectivity index is 1.72. The number of hydrogen-bond donors (Lipinski definition) is 2. The third-order valence-corrected chi connectivity index (χ3v) is 5.49. The van der Waals surface area contributed by atoms with Gasteiger partial charge in [0.2, 0.25) is 0 Å². The van der Waals surface area contributed by atoms with Crippen LogP contribution in [0.3, 0.4) is 0 Å². The molecule has 160 valence electrons. The van der Waals surface area contributed by atoms with Crippen molar-refractivity contribution >= 4 is 12.0 Å². The van der Waals surface area contributed by atoms with Gasteiger partial charge in [-0.1, -0.05) is 30.3 Å². The van der Waals surface area contributed by atoms with Crippen molar-refractivity contribution in [3.05, 3.63) is 86.8 Å². The summed E-state index contributed by atoms with van der Waals surface area (Å²) in [6.45, 7) is 0.297. The first kappa shape index (κ1) is 20.5. The Hall–Kier alpha value is -3.74. The fourth-order valence-electron chi connectivity index (χ4n) is 3.86. The van der Waals surface area contributed by atoms with Crippen molar-refractivity contribution in [3.63, 3.8) is 0 Å². The van der Waals surface area contributed by atoms with E-state index in [9.17, 15) is 9.59 Å². The zero-order valence-electron chi connectivity index (χ0n) is 17.4. The van der Waals surface area contributed by atoms with Gasteiger partial charge in [0.15, 0.2) is 0 Å². The monoisotopic (exact) mass is 420 g/mol. The average molecular weight is 420 g/mol. The Kier molecular flexibility index (Phi) is 5.93. The first-order chi connectivity index (χ1) is 15.1. The Labute approximate surface area is 179 Å². The highest BCUT2D eigenvalue weighted by molar-refractivity contribution is 5.73. The number of carbonyl (C=O) groups is 1. The average Bonchev–Trinajstić information content (AvgIpc) is 3.17. The number of hydrogen-bond acceptors (Lipinski definition) is 5. The van der Waals surface area contributed by atoms with Crippen LogP contribution in [0.2, 0.25) is 0 Å². The zero-order chi connectivity index (χ0) is 21.8. The number of para-hydroxylation sites is 1. The quantitative estimate of drug-likeness (QED) is 0.571. The maximum Gasteiger partial charge on any atom is 0.306 e. The summed E-state index contributed by atoms with van der Waals surface area (Å²) in [7, 11) is 2.96. The molecule has 7 heteroatoms. The van der Waals surface area contributed by atoms with Gasteiger partial charge in [0.05, 0.1) is 20.6 Å². The zero-order valence-corrected chi connectivity index (χ0v) is 17.4. The van der Waals surface area contributed by atoms with Gasteiger partial charge >= 0.3 is 5.97 Å². The molecule has 1 aromatic heterocycles. The molecule has 0 amide bonds. The summed E-state index contributed by atoms with van der Waals surface area (Å²) in [4.78, 5) is 25.0. The van der Waals surface area contributed by atoms with Gasteiger partial charge < -0.3 is 19.3 Å². The fraction of sp³-hybridized carbons (Fsp3) is 0.250. The number of carbonyl (C=O) groups excluding carboxylic acids is 1. The van der Waals surface area contributed by atoms with Crippen molar-refractivity contribution in [1.29, 1.82) is 0 Å². The normalized spacial score (nSPS) is 13.5. The Morgan fingerprint density at radius 3 is 2.61 bits per heavy atom. The summed E-state index contributed by atoms with van der Waals surface area (Å²) >= 11 is 0. The summed E-state index contributed by atoms with van der Waals surface area (Å²) in [6.07, 6.45) is 2.54. The Morgan fingerprint density at radius 2 is 1.87 bits per heavy atom. The molecule has 7 nitrogen and oxygen atoms in total. The van der Waals surface area contributed by atoms with E-state index in [-0.39, 0.29) is 17.9 Å². The van der Waals surface area contributed by atoms with Crippen LogP contribution in [-0.4, -0.2) is 37.0 Å². The Bertz CT molecular complexity index is 1160. The van der Waals surface area contributed by atoms with Crippen LogP contribution in [0.25, 0.3) is 6.08 Å². The van der Waals surface area contributed by atoms with Crippen LogP contribution in [-0.2, 0) is 16.0 Å². The van der Waals surface area contributed by atoms with Gasteiger partial charge in [-0.05, 0) is 35.4 Å². The van der Waals surface area contributed by atoms with E-state index in [0.717, 1.165) is 33.9 Å². The van der Waals surface area contributed by atoms with Crippen molar-refractivity contribution in [1.82, 2.24) is 10.2 Å². The second-order valence-corrected chi connectivity index (χ2v) is 7.37. The lowest BCUT2D eigenvalue weighted by atomic mass is 9.85. The second-order valence-electron chi connectivity index (χ2n) is 7.37. The van der Waals surface area contributed by atoms with Gasteiger partial charge in [0.25, 0.3) is 5.56 Å². The molecule has 0 saturated heterocycles. The number of esters is 1. The third kappa shape index (κ3) is 4.40. The molecule has 0 unspecified atom stereocenters. The van der Waals surface area contributed by atoms with E-state index in [4.69, 9.17) is 14.2 Å². The van der Waals surface area contributed by atoms with E-state index in [2.05, 4.69) is 10.2 Å². The van der Waals surface area contributed by atoms with E-state index in [1.165, 1.54) is 7.11 Å². The van der Waals surface area contributed by atoms with Gasteiger partial charge in [0, 0.05) is 29.2 Å². The van der Waals surface area contributed by atoms with Gasteiger partial charge in [-0.15, -0.1) is 0 Å². The predicted molar refractivity (Wildman–Crippen MR) is 117 cm³/mol. The minimum atomic E-state index is -0.468. The number of rotatable bonds is 7. The van der Waals surface area contributed by atoms with Crippen molar-refractivity contribution in [3.8, 4) is 11.5 Å². The largest absolute Gasteiger partial charge is 0.497 e. The van der Waals surface area contributed by atoms with Gasteiger partial charge in [-0.25, -0.2) is 0 Å². The molecular formula is C24H24N2O5. The van der Waals surface area contributed by atoms with Crippen LogP contribution in [0.15, 0.2) is 58.9 Å². The number of aromatic amines is 2. The maximum atomic E-state index is 12.8. The van der Waals surface area contributed by atoms with Gasteiger partial charge in [0.1, 0.15) is 18.1 Å². The number of ether oxygens (including phenoxy) is 3. The van der Waals surface area contributed by atoms with E-state index in [0.29, 0.717) is 18.6 Å². The summed E-state index contributed by atoms with van der Waals surface area (Å²) in [6, 6.07) is 15.3. The summed E-state index contributed by atoms with van der Waals surface area (Å²) in [5.74, 6) is 0.688. The molecule has 4 rings (SSSR count). The predicted octanol–water partition coefficient (Wildman–Crippen LogP) is 3.43. The summed E-state index contributed by atoms with van der Waals surface area (Å²) < 4.78 is 16.0. The van der Waals surface area contributed by atoms with Crippen molar-refractivity contribution in [2.24, 2.45) is 0 Å². The standard InChI is InChI=1S/C24H24N2O5/c1-29-18-9-7-15(8-10-18)11-20-23(24(28)26-25-20)19(13-22(27)30-2)17-12-16-5-3-4-6-21(16)31-14-17/h3-10,12,19H,11,13-14H2,1-2H3,(H2,25,26,28)/t19-/m1/s1. The number of methoxy groups -OCH3 is 2. The number of nitrogens with one attached hydrogen (secondary N) is 2. The van der Waals surface area contributed by atoms with Crippen molar-refractivity contribution in [2.75, 3.05) is 20.8 Å². The lowest BCUT2D eigenvalue weighted by Gasteiger charge is -2.24. The molecule has 0 aliphatic carbocycles. The van der Waals surface area contributed by atoms with E-state index < -0.39 is 5.92 Å². The molecule has 0 bridgehead atoms. The molecule has 1 aliphatic heterocycles. The molecule has 1 aliphatic rings. The van der Waals surface area contributed by atoms with Crippen LogP contribution >= 0.6 is 0 Å². The van der Waals surface area contributed by atoms with Crippen molar-refractivity contribution in [2.45, 2.75) is 18.8 Å². The SMILES string of the molecule is COC(=O)C[C@H](C1=Cc2ccccc2OC1)c1c(Cc2ccc(OC)cc2)[nH][nH]c1=O. The molecule has 0 saturated carbocycles. The first-order valence-corrected chi connectivity index (χ1v) is 10.0. The number of fused-ring (bicyclic) bond motifs is 1. The molecule has 0 radical (unpaired) electrons. The van der Waals surface area contributed by atoms with Crippen LogP contribution in [0, 0.1) is 0 Å². The smallest absolute Gasteiger partial charge is 0.306 e. The fourth-order valence-corrected chi connectivity index (χ4v) is 3.86. The Morgan fingerprint density at radius 1 is 1.10 bits per heavy atom. The van der Waals surface area contributed by atoms with E-state index in [1.807, 2.05) is 54.6 Å². The third-order valence-electron chi connectivity index (χ3n) is 5.49. The lowest BCUT2D eigenvalue weighted by molar-refractivity contribution is -0.140. The molecule has 3 aromatic rings. The molecule has 2 N–H and O–H groups in total. The topological polar surface area (TPSA) is 93.4 Å². The van der Waals surface area contributed by atoms with Gasteiger partial charge in [-0.3, -0.25) is 14.7 Å². The summed E-state index contributed by atoms with van der Waals surface area (Å²) in [5, 5.41) is 5.68. The highest BCUT2D eigenvalue weighted by Crippen LogP contribution is 2.35. The van der Waals surface area contributed by atoms with Crippen LogP contribution in [0.4, 0.5) is 0 Å². The minimum Gasteiger partial charge on any atom is -0.497 e. The van der Waals surface area contributed by atoms with E-state index in [1.54, 1.807) is 7.11 Å². The molecule has 0 spiro atoms. The molecule has 0 fully saturated rings. The highest BCUT2D eigenvalue weighted by Gasteiger charge is 2.29. The lowest BCUT2D eigenvalue weighted by Crippen LogP contribution is -2.22. The maximum absolute atomic E-state index is 12.8. The van der Waals surface area contributed by atoms with Crippen LogP contribution in [0.5, 0.6) is 11.5 Å². The number of H-pyrrole nitrogens is 2. The number of benzene rings is 2. The van der Waals surface area contributed by atoms with Gasteiger partial charge in [-0.2, -0.15) is 0 Å². The molecule has 2 heterocycles. The molecule has 2 aromatic carbocycles. The molecular weight excluding hydrogens is 396 g/mol. The number of aromatic nitrogens is 2. The van der Waals surface area contributed by atoms with Crippen LogP contribution < -0.4 is 15.0 Å². The second kappa shape index (κ2) is 8.95. The van der Waals surface area contributed by atoms with Crippen LogP contribution in [0.1, 0.15) is 34.7 Å². The minimum absolute atomic E-state index is 0.0460. The van der Waals surface area contributed by atoms with E-state index >= 15 is 0 Å². The molecule has 31 heavy (non-hydrogen) atoms. The highest BCUT2D eigenvalue weighted by atomic mass is 16.5. The van der Waals surface area contributed by atoms with Crippen molar-refractivity contribution < 1.29 is 19.0 Å². The first-order valence-electron chi connectivity index (χ1n) is 10.0. The molecule has 1 atom stereocenters. The summed E-state index contributed by atoms with van der Waals surface area (Å²) in [5.41, 5.74) is 3.78.